The molecular formula is C22H25N3O2. The molecule has 2 aromatic heterocycles. The molecule has 0 bridgehead atoms. The van der Waals surface area contributed by atoms with E-state index >= 15 is 0 Å². The molecule has 5 heteroatoms. The second-order valence-electron chi connectivity index (χ2n) is 6.97. The van der Waals surface area contributed by atoms with E-state index < -0.39 is 0 Å². The molecular weight excluding hydrogens is 338 g/mol. The van der Waals surface area contributed by atoms with Crippen LogP contribution in [0.2, 0.25) is 0 Å². The maximum Gasteiger partial charge on any atom is 0.148 e. The maximum absolute atomic E-state index is 6.18. The molecule has 3 aromatic rings. The molecule has 1 aliphatic heterocycles. The fourth-order valence-corrected chi connectivity index (χ4v) is 3.58. The first-order chi connectivity index (χ1) is 13.3. The van der Waals surface area contributed by atoms with Gasteiger partial charge in [0, 0.05) is 50.2 Å². The molecule has 27 heavy (non-hydrogen) atoms. The molecule has 0 unspecified atom stereocenters. The Labute approximate surface area is 160 Å². The van der Waals surface area contributed by atoms with Crippen LogP contribution in [-0.2, 0) is 17.9 Å². The highest BCUT2D eigenvalue weighted by molar-refractivity contribution is 5.88. The summed E-state index contributed by atoms with van der Waals surface area (Å²) in [6.45, 7) is 7.24. The number of aryl methyl sites for hydroxylation is 1. The number of aromatic nitrogens is 2. The number of fused-ring (bicyclic) bond motifs is 1. The summed E-state index contributed by atoms with van der Waals surface area (Å²) in [4.78, 5) is 11.2. The van der Waals surface area contributed by atoms with Crippen molar-refractivity contribution in [2.45, 2.75) is 26.5 Å². The molecule has 0 amide bonds. The van der Waals surface area contributed by atoms with Crippen molar-refractivity contribution in [2.75, 3.05) is 26.3 Å². The van der Waals surface area contributed by atoms with Gasteiger partial charge in [-0.15, -0.1) is 0 Å². The third-order valence-corrected chi connectivity index (χ3v) is 4.96. The minimum Gasteiger partial charge on any atom is -0.486 e. The van der Waals surface area contributed by atoms with Crippen LogP contribution in [0.15, 0.2) is 48.9 Å². The zero-order valence-electron chi connectivity index (χ0n) is 15.7. The first-order valence-electron chi connectivity index (χ1n) is 9.50. The van der Waals surface area contributed by atoms with Crippen molar-refractivity contribution in [3.8, 4) is 5.75 Å². The van der Waals surface area contributed by atoms with E-state index in [4.69, 9.17) is 9.47 Å². The number of ether oxygens (including phenoxy) is 2. The van der Waals surface area contributed by atoms with Crippen LogP contribution >= 0.6 is 0 Å². The van der Waals surface area contributed by atoms with E-state index in [1.807, 2.05) is 24.4 Å². The van der Waals surface area contributed by atoms with Crippen LogP contribution in [0.3, 0.4) is 0 Å². The van der Waals surface area contributed by atoms with Crippen molar-refractivity contribution >= 4 is 10.9 Å². The summed E-state index contributed by atoms with van der Waals surface area (Å²) < 4.78 is 11.8. The van der Waals surface area contributed by atoms with E-state index in [-0.39, 0.29) is 0 Å². The summed E-state index contributed by atoms with van der Waals surface area (Å²) in [6, 6.07) is 10.3. The zero-order chi connectivity index (χ0) is 18.5. The predicted molar refractivity (Wildman–Crippen MR) is 106 cm³/mol. The van der Waals surface area contributed by atoms with Gasteiger partial charge in [0.15, 0.2) is 0 Å². The summed E-state index contributed by atoms with van der Waals surface area (Å²) in [5.74, 6) is 0.866. The van der Waals surface area contributed by atoms with Gasteiger partial charge in [0.2, 0.25) is 0 Å². The zero-order valence-corrected chi connectivity index (χ0v) is 15.7. The van der Waals surface area contributed by atoms with Crippen LogP contribution in [-0.4, -0.2) is 41.2 Å². The van der Waals surface area contributed by atoms with Gasteiger partial charge in [-0.3, -0.25) is 14.9 Å². The van der Waals surface area contributed by atoms with Crippen molar-refractivity contribution in [3.05, 3.63) is 65.6 Å². The molecule has 0 aliphatic carbocycles. The average Bonchev–Trinajstić information content (AvgIpc) is 2.97. The van der Waals surface area contributed by atoms with Crippen LogP contribution < -0.4 is 4.74 Å². The second-order valence-corrected chi connectivity index (χ2v) is 6.97. The van der Waals surface area contributed by atoms with E-state index in [2.05, 4.69) is 33.9 Å². The lowest BCUT2D eigenvalue weighted by Crippen LogP contribution is -2.26. The predicted octanol–water partition coefficient (Wildman–Crippen LogP) is 3.74. The third kappa shape index (κ3) is 4.26. The average molecular weight is 363 g/mol. The summed E-state index contributed by atoms with van der Waals surface area (Å²) in [5.41, 5.74) is 4.46. The molecule has 1 saturated heterocycles. The largest absolute Gasteiger partial charge is 0.486 e. The smallest absolute Gasteiger partial charge is 0.148 e. The van der Waals surface area contributed by atoms with E-state index in [1.165, 1.54) is 5.56 Å². The molecule has 0 atom stereocenters. The fourth-order valence-electron chi connectivity index (χ4n) is 3.58. The van der Waals surface area contributed by atoms with Crippen molar-refractivity contribution < 1.29 is 9.47 Å². The van der Waals surface area contributed by atoms with Gasteiger partial charge in [-0.25, -0.2) is 0 Å². The summed E-state index contributed by atoms with van der Waals surface area (Å²) in [6.07, 6.45) is 6.50. The number of hydrogen-bond donors (Lipinski definition) is 0. The molecule has 1 aromatic carbocycles. The Morgan fingerprint density at radius 3 is 2.89 bits per heavy atom. The lowest BCUT2D eigenvalue weighted by atomic mass is 10.0. The van der Waals surface area contributed by atoms with Crippen LogP contribution in [0.1, 0.15) is 23.1 Å². The van der Waals surface area contributed by atoms with Gasteiger partial charge in [0.25, 0.3) is 0 Å². The Bertz CT molecular complexity index is 891. The second kappa shape index (κ2) is 8.46. The molecule has 140 valence electrons. The molecule has 0 saturated carbocycles. The van der Waals surface area contributed by atoms with Gasteiger partial charge in [-0.05, 0) is 48.2 Å². The monoisotopic (exact) mass is 363 g/mol. The lowest BCUT2D eigenvalue weighted by molar-refractivity contribution is 0.140. The molecule has 3 heterocycles. The van der Waals surface area contributed by atoms with Gasteiger partial charge in [-0.2, -0.15) is 0 Å². The van der Waals surface area contributed by atoms with E-state index in [9.17, 15) is 0 Å². The summed E-state index contributed by atoms with van der Waals surface area (Å²) >= 11 is 0. The Kier molecular flexibility index (Phi) is 5.61. The summed E-state index contributed by atoms with van der Waals surface area (Å²) in [7, 11) is 0. The number of nitrogens with zero attached hydrogens (tertiary/aromatic N) is 3. The van der Waals surface area contributed by atoms with Gasteiger partial charge in [0.1, 0.15) is 17.9 Å². The van der Waals surface area contributed by atoms with Crippen molar-refractivity contribution in [3.63, 3.8) is 0 Å². The normalized spacial score (nSPS) is 15.6. The van der Waals surface area contributed by atoms with Gasteiger partial charge in [0.05, 0.1) is 6.61 Å². The lowest BCUT2D eigenvalue weighted by Gasteiger charge is -2.21. The van der Waals surface area contributed by atoms with Crippen LogP contribution in [0.25, 0.3) is 10.9 Å². The SMILES string of the molecule is Cc1cc(CN2CCCOCC2)c2cccnc2c1OCc1ccncc1. The Hall–Kier alpha value is -2.50. The number of pyridine rings is 2. The topological polar surface area (TPSA) is 47.5 Å². The quantitative estimate of drug-likeness (QED) is 0.691. The minimum atomic E-state index is 0.512. The van der Waals surface area contributed by atoms with E-state index in [1.54, 1.807) is 12.4 Å². The standard InChI is InChI=1S/C22H25N3O2/c1-17-14-19(15-25-10-3-12-26-13-11-25)20-4-2-7-24-21(20)22(17)27-16-18-5-8-23-9-6-18/h2,4-9,14H,3,10-13,15-16H2,1H3. The first-order valence-corrected chi connectivity index (χ1v) is 9.50. The Morgan fingerprint density at radius 1 is 1.11 bits per heavy atom. The Morgan fingerprint density at radius 2 is 2.00 bits per heavy atom. The Balaban J connectivity index is 1.62. The highest BCUT2D eigenvalue weighted by Crippen LogP contribution is 2.32. The van der Waals surface area contributed by atoms with Gasteiger partial charge >= 0.3 is 0 Å². The highest BCUT2D eigenvalue weighted by Gasteiger charge is 2.16. The van der Waals surface area contributed by atoms with Gasteiger partial charge in [-0.1, -0.05) is 12.1 Å². The van der Waals surface area contributed by atoms with E-state index in [0.717, 1.165) is 67.0 Å². The van der Waals surface area contributed by atoms with Crippen LogP contribution in [0.5, 0.6) is 5.75 Å². The van der Waals surface area contributed by atoms with Crippen molar-refractivity contribution in [1.82, 2.24) is 14.9 Å². The van der Waals surface area contributed by atoms with Crippen molar-refractivity contribution in [2.24, 2.45) is 0 Å². The first kappa shape index (κ1) is 17.9. The molecule has 4 rings (SSSR count). The van der Waals surface area contributed by atoms with Crippen molar-refractivity contribution in [1.29, 1.82) is 0 Å². The molecule has 5 nitrogen and oxygen atoms in total. The van der Waals surface area contributed by atoms with Crippen LogP contribution in [0.4, 0.5) is 0 Å². The number of rotatable bonds is 5. The molecule has 0 spiro atoms. The fraction of sp³-hybridized carbons (Fsp3) is 0.364. The molecule has 1 aliphatic rings. The number of benzene rings is 1. The highest BCUT2D eigenvalue weighted by atomic mass is 16.5. The maximum atomic E-state index is 6.18. The van der Waals surface area contributed by atoms with Crippen LogP contribution in [0, 0.1) is 6.92 Å². The molecule has 1 fully saturated rings. The molecule has 0 N–H and O–H groups in total. The molecule has 0 radical (unpaired) electrons. The number of hydrogen-bond acceptors (Lipinski definition) is 5. The van der Waals surface area contributed by atoms with E-state index in [0.29, 0.717) is 6.61 Å². The minimum absolute atomic E-state index is 0.512. The summed E-state index contributed by atoms with van der Waals surface area (Å²) in [5, 5.41) is 1.16. The van der Waals surface area contributed by atoms with Gasteiger partial charge < -0.3 is 9.47 Å². The third-order valence-electron chi connectivity index (χ3n) is 4.96.